The summed E-state index contributed by atoms with van der Waals surface area (Å²) in [7, 11) is 0. The first-order chi connectivity index (χ1) is 12.4. The molecule has 1 aromatic carbocycles. The van der Waals surface area contributed by atoms with E-state index in [0.29, 0.717) is 10.7 Å². The normalized spacial score (nSPS) is 22.3. The smallest absolute Gasteiger partial charge is 0.0946 e. The molecule has 1 heterocycles. The standard InChI is InChI=1S/C22H31ClN2S/c1-22(2,3)19-8-6-18(7-9-19)21(14-25-13-12-24-16-25)26-15-17-4-10-20(23)11-5-17/h4-5,10-13,16,18-19,21H,6-9,14-15H2,1-3H3. The average molecular weight is 391 g/mol. The molecule has 0 amide bonds. The Morgan fingerprint density at radius 3 is 2.42 bits per heavy atom. The molecule has 1 aliphatic carbocycles. The van der Waals surface area contributed by atoms with E-state index in [-0.39, 0.29) is 0 Å². The minimum absolute atomic E-state index is 0.446. The number of nitrogens with zero attached hydrogens (tertiary/aromatic N) is 2. The molecule has 26 heavy (non-hydrogen) atoms. The van der Waals surface area contributed by atoms with Gasteiger partial charge < -0.3 is 4.57 Å². The van der Waals surface area contributed by atoms with Crippen molar-refractivity contribution < 1.29 is 0 Å². The molecule has 2 aromatic rings. The van der Waals surface area contributed by atoms with Gasteiger partial charge in [0.15, 0.2) is 0 Å². The maximum absolute atomic E-state index is 6.02. The van der Waals surface area contributed by atoms with Gasteiger partial charge in [0.2, 0.25) is 0 Å². The van der Waals surface area contributed by atoms with Gasteiger partial charge in [0.1, 0.15) is 0 Å². The zero-order valence-electron chi connectivity index (χ0n) is 16.2. The van der Waals surface area contributed by atoms with Gasteiger partial charge in [-0.3, -0.25) is 0 Å². The van der Waals surface area contributed by atoms with E-state index in [9.17, 15) is 0 Å². The summed E-state index contributed by atoms with van der Waals surface area (Å²) < 4.78 is 2.25. The Morgan fingerprint density at radius 1 is 1.15 bits per heavy atom. The summed E-state index contributed by atoms with van der Waals surface area (Å²) in [5.41, 5.74) is 1.81. The van der Waals surface area contributed by atoms with Crippen molar-refractivity contribution in [3.05, 3.63) is 53.6 Å². The van der Waals surface area contributed by atoms with Crippen LogP contribution in [-0.2, 0) is 12.3 Å². The molecule has 3 rings (SSSR count). The van der Waals surface area contributed by atoms with Crippen molar-refractivity contribution >= 4 is 23.4 Å². The van der Waals surface area contributed by atoms with Gasteiger partial charge in [0.25, 0.3) is 0 Å². The molecule has 0 spiro atoms. The fourth-order valence-corrected chi connectivity index (χ4v) is 5.63. The molecule has 1 aromatic heterocycles. The van der Waals surface area contributed by atoms with Crippen LogP contribution in [-0.4, -0.2) is 14.8 Å². The van der Waals surface area contributed by atoms with Gasteiger partial charge in [-0.25, -0.2) is 4.98 Å². The first-order valence-electron chi connectivity index (χ1n) is 9.73. The highest BCUT2D eigenvalue weighted by Gasteiger charge is 2.33. The lowest BCUT2D eigenvalue weighted by Crippen LogP contribution is -2.31. The quantitative estimate of drug-likeness (QED) is 0.546. The van der Waals surface area contributed by atoms with Gasteiger partial charge in [-0.05, 0) is 60.6 Å². The fraction of sp³-hybridized carbons (Fsp3) is 0.591. The van der Waals surface area contributed by atoms with Crippen LogP contribution in [0.15, 0.2) is 43.0 Å². The minimum atomic E-state index is 0.446. The second kappa shape index (κ2) is 8.84. The first kappa shape index (κ1) is 19.8. The number of imidazole rings is 1. The number of halogens is 1. The van der Waals surface area contributed by atoms with Gasteiger partial charge in [0, 0.05) is 35.0 Å². The second-order valence-electron chi connectivity index (χ2n) is 8.71. The van der Waals surface area contributed by atoms with Crippen LogP contribution in [0.1, 0.15) is 52.0 Å². The van der Waals surface area contributed by atoms with Gasteiger partial charge in [-0.2, -0.15) is 11.8 Å². The van der Waals surface area contributed by atoms with E-state index >= 15 is 0 Å². The lowest BCUT2D eigenvalue weighted by molar-refractivity contribution is 0.147. The molecule has 142 valence electrons. The Balaban J connectivity index is 1.62. The third-order valence-electron chi connectivity index (χ3n) is 5.85. The molecule has 1 unspecified atom stereocenters. The summed E-state index contributed by atoms with van der Waals surface area (Å²) >= 11 is 8.13. The average Bonchev–Trinajstić information content (AvgIpc) is 3.12. The lowest BCUT2D eigenvalue weighted by Gasteiger charge is -2.39. The zero-order valence-corrected chi connectivity index (χ0v) is 17.8. The third-order valence-corrected chi connectivity index (χ3v) is 7.56. The SMILES string of the molecule is CC(C)(C)C1CCC(C(Cn2ccnc2)SCc2ccc(Cl)cc2)CC1. The highest BCUT2D eigenvalue weighted by Crippen LogP contribution is 2.43. The zero-order chi connectivity index (χ0) is 18.6. The van der Waals surface area contributed by atoms with Gasteiger partial charge in [0.05, 0.1) is 6.33 Å². The predicted octanol–water partition coefficient (Wildman–Crippen LogP) is 6.69. The summed E-state index contributed by atoms with van der Waals surface area (Å²) in [5.74, 6) is 2.72. The first-order valence-corrected chi connectivity index (χ1v) is 11.2. The van der Waals surface area contributed by atoms with Crippen molar-refractivity contribution in [2.24, 2.45) is 17.3 Å². The Kier molecular flexibility index (Phi) is 6.74. The van der Waals surface area contributed by atoms with E-state index in [2.05, 4.69) is 60.4 Å². The fourth-order valence-electron chi connectivity index (χ4n) is 4.08. The van der Waals surface area contributed by atoms with Crippen LogP contribution < -0.4 is 0 Å². The molecule has 0 N–H and O–H groups in total. The lowest BCUT2D eigenvalue weighted by atomic mass is 9.69. The summed E-state index contributed by atoms with van der Waals surface area (Å²) in [5, 5.41) is 1.45. The van der Waals surface area contributed by atoms with E-state index in [4.69, 9.17) is 11.6 Å². The Hall–Kier alpha value is -0.930. The molecule has 0 bridgehead atoms. The van der Waals surface area contributed by atoms with Crippen molar-refractivity contribution in [2.45, 2.75) is 64.0 Å². The number of aromatic nitrogens is 2. The van der Waals surface area contributed by atoms with Gasteiger partial charge in [-0.1, -0.05) is 44.5 Å². The molecule has 2 nitrogen and oxygen atoms in total. The second-order valence-corrected chi connectivity index (χ2v) is 10.4. The maximum atomic E-state index is 6.02. The monoisotopic (exact) mass is 390 g/mol. The number of hydrogen-bond donors (Lipinski definition) is 0. The van der Waals surface area contributed by atoms with Crippen molar-refractivity contribution in [2.75, 3.05) is 0 Å². The molecule has 0 saturated heterocycles. The van der Waals surface area contributed by atoms with Gasteiger partial charge >= 0.3 is 0 Å². The number of thioether (sulfide) groups is 1. The summed E-state index contributed by atoms with van der Waals surface area (Å²) in [6.45, 7) is 8.26. The summed E-state index contributed by atoms with van der Waals surface area (Å²) in [4.78, 5) is 4.23. The van der Waals surface area contributed by atoms with Gasteiger partial charge in [-0.15, -0.1) is 0 Å². The van der Waals surface area contributed by atoms with Crippen molar-refractivity contribution in [3.8, 4) is 0 Å². The maximum Gasteiger partial charge on any atom is 0.0946 e. The highest BCUT2D eigenvalue weighted by atomic mass is 35.5. The third kappa shape index (κ3) is 5.53. The van der Waals surface area contributed by atoms with Crippen LogP contribution in [0.4, 0.5) is 0 Å². The largest absolute Gasteiger partial charge is 0.336 e. The van der Waals surface area contributed by atoms with Crippen molar-refractivity contribution in [1.29, 1.82) is 0 Å². The number of hydrogen-bond acceptors (Lipinski definition) is 2. The highest BCUT2D eigenvalue weighted by molar-refractivity contribution is 7.99. The van der Waals surface area contributed by atoms with Crippen LogP contribution >= 0.6 is 23.4 Å². The molecule has 1 fully saturated rings. The van der Waals surface area contributed by atoms with Crippen molar-refractivity contribution in [1.82, 2.24) is 9.55 Å². The van der Waals surface area contributed by atoms with Crippen molar-refractivity contribution in [3.63, 3.8) is 0 Å². The predicted molar refractivity (Wildman–Crippen MR) is 114 cm³/mol. The topological polar surface area (TPSA) is 17.8 Å². The molecule has 1 atom stereocenters. The Labute approximate surface area is 167 Å². The van der Waals surface area contributed by atoms with E-state index in [1.54, 1.807) is 0 Å². The van der Waals surface area contributed by atoms with E-state index in [0.717, 1.165) is 29.2 Å². The van der Waals surface area contributed by atoms with Crippen LogP contribution in [0.25, 0.3) is 0 Å². The van der Waals surface area contributed by atoms with Crippen LogP contribution in [0.2, 0.25) is 5.02 Å². The van der Waals surface area contributed by atoms with Crippen LogP contribution in [0.5, 0.6) is 0 Å². The molecular formula is C22H31ClN2S. The molecule has 1 saturated carbocycles. The van der Waals surface area contributed by atoms with E-state index in [1.165, 1.54) is 31.2 Å². The molecule has 0 aliphatic heterocycles. The molecule has 0 radical (unpaired) electrons. The molecule has 4 heteroatoms. The minimum Gasteiger partial charge on any atom is -0.336 e. The van der Waals surface area contributed by atoms with Crippen LogP contribution in [0.3, 0.4) is 0 Å². The van der Waals surface area contributed by atoms with E-state index < -0.39 is 0 Å². The van der Waals surface area contributed by atoms with E-state index in [1.807, 2.05) is 24.7 Å². The Bertz CT molecular complexity index is 652. The Morgan fingerprint density at radius 2 is 1.85 bits per heavy atom. The number of benzene rings is 1. The summed E-state index contributed by atoms with van der Waals surface area (Å²) in [6.07, 6.45) is 11.4. The molecular weight excluding hydrogens is 360 g/mol. The molecule has 1 aliphatic rings. The van der Waals surface area contributed by atoms with Crippen LogP contribution in [0, 0.1) is 17.3 Å². The summed E-state index contributed by atoms with van der Waals surface area (Å²) in [6, 6.07) is 8.30. The number of rotatable bonds is 6.